The third-order valence-corrected chi connectivity index (χ3v) is 4.55. The van der Waals surface area contributed by atoms with Crippen LogP contribution < -0.4 is 5.32 Å². The zero-order chi connectivity index (χ0) is 13.6. The number of hydrogen-bond acceptors (Lipinski definition) is 4. The summed E-state index contributed by atoms with van der Waals surface area (Å²) in [5.74, 6) is 0.719. The maximum atomic E-state index is 10.1. The zero-order valence-corrected chi connectivity index (χ0v) is 11.8. The normalized spacial score (nSPS) is 32.3. The van der Waals surface area contributed by atoms with Crippen LogP contribution in [0, 0.1) is 5.92 Å². The first-order valence-corrected chi connectivity index (χ1v) is 6.94. The topological polar surface area (TPSA) is 44.7 Å². The maximum absolute atomic E-state index is 10.1. The van der Waals surface area contributed by atoms with Crippen molar-refractivity contribution in [1.82, 2.24) is 10.2 Å². The van der Waals surface area contributed by atoms with Crippen LogP contribution in [0.4, 0.5) is 0 Å². The van der Waals surface area contributed by atoms with Crippen molar-refractivity contribution in [2.45, 2.75) is 44.7 Å². The van der Waals surface area contributed by atoms with E-state index in [1.807, 2.05) is 18.4 Å². The minimum absolute atomic E-state index is 0.272. The van der Waals surface area contributed by atoms with Gasteiger partial charge in [-0.15, -0.1) is 0 Å². The van der Waals surface area contributed by atoms with Gasteiger partial charge in [0.05, 0.1) is 5.70 Å². The lowest BCUT2D eigenvalue weighted by Crippen LogP contribution is -2.57. The van der Waals surface area contributed by atoms with Crippen molar-refractivity contribution < 1.29 is 9.84 Å². The van der Waals surface area contributed by atoms with Gasteiger partial charge in [-0.2, -0.15) is 0 Å². The highest BCUT2D eigenvalue weighted by Crippen LogP contribution is 2.45. The number of aliphatic hydroxyl groups is 1. The average molecular weight is 262 g/mol. The molecule has 19 heavy (non-hydrogen) atoms. The van der Waals surface area contributed by atoms with Gasteiger partial charge < -0.3 is 20.1 Å². The Labute approximate surface area is 114 Å². The van der Waals surface area contributed by atoms with Crippen LogP contribution >= 0.6 is 0 Å². The SMILES string of the molecule is CO[C@@H](O)C1=CC2=CC=CNC2(C)N1C(C)C1CC1. The largest absolute Gasteiger partial charge is 0.365 e. The first-order chi connectivity index (χ1) is 9.08. The van der Waals surface area contributed by atoms with Crippen LogP contribution in [0.5, 0.6) is 0 Å². The van der Waals surface area contributed by atoms with Crippen LogP contribution in [0.25, 0.3) is 0 Å². The van der Waals surface area contributed by atoms with E-state index in [9.17, 15) is 5.11 Å². The molecule has 0 spiro atoms. The highest BCUT2D eigenvalue weighted by molar-refractivity contribution is 5.45. The quantitative estimate of drug-likeness (QED) is 0.757. The first kappa shape index (κ1) is 12.8. The molecule has 0 radical (unpaired) electrons. The van der Waals surface area contributed by atoms with Crippen LogP contribution in [-0.4, -0.2) is 35.1 Å². The van der Waals surface area contributed by atoms with E-state index < -0.39 is 6.29 Å². The first-order valence-electron chi connectivity index (χ1n) is 6.94. The van der Waals surface area contributed by atoms with E-state index in [0.29, 0.717) is 6.04 Å². The third-order valence-electron chi connectivity index (χ3n) is 4.55. The van der Waals surface area contributed by atoms with Gasteiger partial charge in [-0.1, -0.05) is 6.08 Å². The molecular weight excluding hydrogens is 240 g/mol. The molecule has 3 aliphatic rings. The monoisotopic (exact) mass is 262 g/mol. The molecule has 1 fully saturated rings. The Bertz CT molecular complexity index is 465. The highest BCUT2D eigenvalue weighted by atomic mass is 16.6. The Morgan fingerprint density at radius 3 is 2.89 bits per heavy atom. The minimum Gasteiger partial charge on any atom is -0.365 e. The summed E-state index contributed by atoms with van der Waals surface area (Å²) in [5, 5.41) is 13.6. The lowest BCUT2D eigenvalue weighted by molar-refractivity contribution is -0.0736. The van der Waals surface area contributed by atoms with Gasteiger partial charge >= 0.3 is 0 Å². The second-order valence-electron chi connectivity index (χ2n) is 5.80. The summed E-state index contributed by atoms with van der Waals surface area (Å²) in [7, 11) is 1.54. The van der Waals surface area contributed by atoms with Gasteiger partial charge in [0.2, 0.25) is 0 Å². The fourth-order valence-corrected chi connectivity index (χ4v) is 3.23. The zero-order valence-electron chi connectivity index (χ0n) is 11.8. The summed E-state index contributed by atoms with van der Waals surface area (Å²) in [6.07, 6.45) is 9.79. The Hall–Kier alpha value is -1.26. The van der Waals surface area contributed by atoms with Crippen molar-refractivity contribution >= 4 is 0 Å². The molecule has 0 aromatic carbocycles. The van der Waals surface area contributed by atoms with E-state index >= 15 is 0 Å². The van der Waals surface area contributed by atoms with Crippen LogP contribution in [-0.2, 0) is 4.74 Å². The molecule has 0 aromatic rings. The van der Waals surface area contributed by atoms with Crippen LogP contribution in [0.15, 0.2) is 35.7 Å². The second kappa shape index (κ2) is 4.39. The van der Waals surface area contributed by atoms with Crippen molar-refractivity contribution in [2.24, 2.45) is 5.92 Å². The third kappa shape index (κ3) is 1.90. The molecule has 3 rings (SSSR count). The molecule has 2 N–H and O–H groups in total. The van der Waals surface area contributed by atoms with Gasteiger partial charge in [0.1, 0.15) is 5.66 Å². The predicted molar refractivity (Wildman–Crippen MR) is 73.9 cm³/mol. The molecule has 2 aliphatic heterocycles. The number of nitrogens with zero attached hydrogens (tertiary/aromatic N) is 1. The molecule has 4 heteroatoms. The molecule has 3 atom stereocenters. The molecule has 1 aliphatic carbocycles. The van der Waals surface area contributed by atoms with Crippen LogP contribution in [0.1, 0.15) is 26.7 Å². The second-order valence-corrected chi connectivity index (χ2v) is 5.80. The maximum Gasteiger partial charge on any atom is 0.196 e. The van der Waals surface area contributed by atoms with E-state index in [1.54, 1.807) is 0 Å². The lowest BCUT2D eigenvalue weighted by Gasteiger charge is -2.45. The van der Waals surface area contributed by atoms with Crippen molar-refractivity contribution in [1.29, 1.82) is 0 Å². The fraction of sp³-hybridized carbons (Fsp3) is 0.600. The molecule has 2 heterocycles. The fourth-order valence-electron chi connectivity index (χ4n) is 3.23. The summed E-state index contributed by atoms with van der Waals surface area (Å²) in [6.45, 7) is 4.40. The summed E-state index contributed by atoms with van der Waals surface area (Å²) in [5.41, 5.74) is 1.76. The smallest absolute Gasteiger partial charge is 0.196 e. The summed E-state index contributed by atoms with van der Waals surface area (Å²) in [6, 6.07) is 0.394. The van der Waals surface area contributed by atoms with E-state index in [-0.39, 0.29) is 5.66 Å². The minimum atomic E-state index is -0.869. The molecule has 0 saturated heterocycles. The van der Waals surface area contributed by atoms with Gasteiger partial charge in [0.25, 0.3) is 0 Å². The van der Waals surface area contributed by atoms with Crippen LogP contribution in [0.3, 0.4) is 0 Å². The molecule has 104 valence electrons. The highest BCUT2D eigenvalue weighted by Gasteiger charge is 2.48. The molecule has 4 nitrogen and oxygen atoms in total. The molecule has 0 amide bonds. The lowest BCUT2D eigenvalue weighted by atomic mass is 9.98. The molecule has 0 aromatic heterocycles. The van der Waals surface area contributed by atoms with Gasteiger partial charge in [-0.25, -0.2) is 0 Å². The number of dihydropyridines is 1. The van der Waals surface area contributed by atoms with Gasteiger partial charge in [0, 0.05) is 13.2 Å². The number of aliphatic hydroxyl groups excluding tert-OH is 1. The van der Waals surface area contributed by atoms with Crippen molar-refractivity contribution in [3.05, 3.63) is 35.7 Å². The van der Waals surface area contributed by atoms with Crippen LogP contribution in [0.2, 0.25) is 0 Å². The summed E-state index contributed by atoms with van der Waals surface area (Å²) >= 11 is 0. The molecule has 0 bridgehead atoms. The molecular formula is C15H22N2O2. The average Bonchev–Trinajstić information content (AvgIpc) is 3.19. The van der Waals surface area contributed by atoms with E-state index in [4.69, 9.17) is 4.74 Å². The Kier molecular flexibility index (Phi) is 2.95. The van der Waals surface area contributed by atoms with Crippen molar-refractivity contribution in [3.63, 3.8) is 0 Å². The number of fused-ring (bicyclic) bond motifs is 1. The Morgan fingerprint density at radius 1 is 1.53 bits per heavy atom. The van der Waals surface area contributed by atoms with Gasteiger partial charge in [0.15, 0.2) is 6.29 Å². The molecule has 2 unspecified atom stereocenters. The van der Waals surface area contributed by atoms with E-state index in [0.717, 1.165) is 11.6 Å². The van der Waals surface area contributed by atoms with Gasteiger partial charge in [-0.3, -0.25) is 0 Å². The number of hydrogen-bond donors (Lipinski definition) is 2. The number of rotatable bonds is 4. The van der Waals surface area contributed by atoms with E-state index in [2.05, 4.69) is 30.1 Å². The summed E-state index contributed by atoms with van der Waals surface area (Å²) in [4.78, 5) is 2.29. The Morgan fingerprint density at radius 2 is 2.26 bits per heavy atom. The standard InChI is InChI=1S/C15H22N2O2/c1-10(11-6-7-11)17-13(14(18)19-3)9-12-5-4-8-16-15(12,17)2/h4-5,8-11,14,16,18H,6-7H2,1-3H3/t10?,14-,15?/m1/s1. The van der Waals surface area contributed by atoms with Crippen molar-refractivity contribution in [3.8, 4) is 0 Å². The summed E-state index contributed by atoms with van der Waals surface area (Å²) < 4.78 is 5.14. The number of ether oxygens (including phenoxy) is 1. The number of allylic oxidation sites excluding steroid dienone is 2. The number of nitrogens with one attached hydrogen (secondary N) is 1. The molecule has 1 saturated carbocycles. The van der Waals surface area contributed by atoms with E-state index in [1.165, 1.54) is 25.5 Å². The van der Waals surface area contributed by atoms with Crippen molar-refractivity contribution in [2.75, 3.05) is 7.11 Å². The number of methoxy groups -OCH3 is 1. The Balaban J connectivity index is 1.98. The van der Waals surface area contributed by atoms with Gasteiger partial charge in [-0.05, 0) is 56.5 Å². The predicted octanol–water partition coefficient (Wildman–Crippen LogP) is 1.71.